The second-order valence-corrected chi connectivity index (χ2v) is 7.47. The van der Waals surface area contributed by atoms with E-state index >= 15 is 0 Å². The Kier molecular flexibility index (Phi) is 6.20. The summed E-state index contributed by atoms with van der Waals surface area (Å²) in [5, 5.41) is 11.9. The number of hydrogen-bond donors (Lipinski definition) is 2. The van der Waals surface area contributed by atoms with E-state index in [9.17, 15) is 14.7 Å². The number of aromatic nitrogens is 1. The van der Waals surface area contributed by atoms with Gasteiger partial charge in [-0.1, -0.05) is 30.3 Å². The first-order valence-corrected chi connectivity index (χ1v) is 8.80. The molecule has 140 valence electrons. The van der Waals surface area contributed by atoms with Crippen molar-refractivity contribution in [3.63, 3.8) is 0 Å². The Morgan fingerprint density at radius 1 is 1.27 bits per heavy atom. The first kappa shape index (κ1) is 19.7. The Hall–Kier alpha value is -2.61. The molecule has 2 rings (SSSR count). The van der Waals surface area contributed by atoms with Gasteiger partial charge in [0.1, 0.15) is 12.2 Å². The van der Waals surface area contributed by atoms with Crippen LogP contribution in [0.5, 0.6) is 5.88 Å². The Bertz CT molecular complexity index is 768. The lowest BCUT2D eigenvalue weighted by molar-refractivity contribution is -0.139. The molecule has 0 aliphatic heterocycles. The summed E-state index contributed by atoms with van der Waals surface area (Å²) in [4.78, 5) is 23.9. The Morgan fingerprint density at radius 2 is 1.92 bits per heavy atom. The van der Waals surface area contributed by atoms with E-state index in [2.05, 4.69) is 9.69 Å². The van der Waals surface area contributed by atoms with Crippen molar-refractivity contribution in [2.45, 2.75) is 45.9 Å². The van der Waals surface area contributed by atoms with Crippen LogP contribution < -0.4 is 10.1 Å². The molecular weight excluding hydrogens is 356 g/mol. The summed E-state index contributed by atoms with van der Waals surface area (Å²) in [5.41, 5.74) is 0.831. The van der Waals surface area contributed by atoms with Crippen LogP contribution in [0.2, 0.25) is 0 Å². The van der Waals surface area contributed by atoms with Crippen molar-refractivity contribution in [2.24, 2.45) is 0 Å². The van der Waals surface area contributed by atoms with Gasteiger partial charge in [-0.2, -0.15) is 4.37 Å². The number of rotatable bonds is 6. The standard InChI is InChI=1S/C18H22N2O5S/c1-11-14(13(16(21)22)19-17(23)25-18(2,3)4)26-20-15(11)24-10-12-8-6-5-7-9-12/h5-9,13H,10H2,1-4H3,(H,19,23)(H,21,22). The van der Waals surface area contributed by atoms with Crippen molar-refractivity contribution >= 4 is 23.6 Å². The highest BCUT2D eigenvalue weighted by Gasteiger charge is 2.30. The molecule has 8 heteroatoms. The number of ether oxygens (including phenoxy) is 2. The molecule has 1 aromatic heterocycles. The lowest BCUT2D eigenvalue weighted by Gasteiger charge is -2.21. The van der Waals surface area contributed by atoms with Gasteiger partial charge in [0, 0.05) is 5.56 Å². The van der Waals surface area contributed by atoms with Crippen molar-refractivity contribution in [1.29, 1.82) is 0 Å². The summed E-state index contributed by atoms with van der Waals surface area (Å²) in [6, 6.07) is 8.32. The predicted octanol–water partition coefficient (Wildman–Crippen LogP) is 3.68. The molecule has 1 atom stereocenters. The average molecular weight is 378 g/mol. The van der Waals surface area contributed by atoms with Crippen molar-refractivity contribution in [3.8, 4) is 5.88 Å². The zero-order chi connectivity index (χ0) is 19.3. The van der Waals surface area contributed by atoms with Gasteiger partial charge in [0.2, 0.25) is 5.88 Å². The normalized spacial score (nSPS) is 12.3. The van der Waals surface area contributed by atoms with Crippen molar-refractivity contribution in [2.75, 3.05) is 0 Å². The highest BCUT2D eigenvalue weighted by atomic mass is 32.1. The maximum atomic E-state index is 11.9. The maximum absolute atomic E-state index is 11.9. The maximum Gasteiger partial charge on any atom is 0.408 e. The number of nitrogens with one attached hydrogen (secondary N) is 1. The molecule has 1 aromatic carbocycles. The van der Waals surface area contributed by atoms with Crippen molar-refractivity contribution in [3.05, 3.63) is 46.3 Å². The first-order chi connectivity index (χ1) is 12.2. The van der Waals surface area contributed by atoms with Crippen LogP contribution in [0, 0.1) is 6.92 Å². The first-order valence-electron chi connectivity index (χ1n) is 8.02. The number of carboxylic acid groups (broad SMARTS) is 1. The van der Waals surface area contributed by atoms with Gasteiger partial charge in [-0.3, -0.25) is 0 Å². The van der Waals surface area contributed by atoms with Crippen LogP contribution in [0.1, 0.15) is 42.8 Å². The van der Waals surface area contributed by atoms with E-state index in [-0.39, 0.29) is 0 Å². The molecule has 0 fully saturated rings. The number of benzene rings is 1. The summed E-state index contributed by atoms with van der Waals surface area (Å²) in [7, 11) is 0. The number of aliphatic carboxylic acids is 1. The van der Waals surface area contributed by atoms with Crippen molar-refractivity contribution < 1.29 is 24.2 Å². The highest BCUT2D eigenvalue weighted by Crippen LogP contribution is 2.30. The van der Waals surface area contributed by atoms with Gasteiger partial charge in [-0.25, -0.2) is 9.59 Å². The van der Waals surface area contributed by atoms with Crippen LogP contribution in [-0.2, 0) is 16.1 Å². The second-order valence-electron chi connectivity index (χ2n) is 6.67. The molecule has 1 heterocycles. The fourth-order valence-electron chi connectivity index (χ4n) is 2.13. The topological polar surface area (TPSA) is 97.8 Å². The molecular formula is C18H22N2O5S. The molecule has 2 N–H and O–H groups in total. The van der Waals surface area contributed by atoms with Crippen molar-refractivity contribution in [1.82, 2.24) is 9.69 Å². The summed E-state index contributed by atoms with van der Waals surface area (Å²) < 4.78 is 15.0. The Balaban J connectivity index is 2.11. The lowest BCUT2D eigenvalue weighted by Crippen LogP contribution is -2.38. The third-order valence-electron chi connectivity index (χ3n) is 3.31. The summed E-state index contributed by atoms with van der Waals surface area (Å²) in [5.74, 6) is -0.844. The van der Waals surface area contributed by atoms with Crippen LogP contribution in [0.3, 0.4) is 0 Å². The lowest BCUT2D eigenvalue weighted by atomic mass is 10.1. The molecule has 7 nitrogen and oxygen atoms in total. The quantitative estimate of drug-likeness (QED) is 0.796. The number of nitrogens with zero attached hydrogens (tertiary/aromatic N) is 1. The molecule has 0 saturated carbocycles. The SMILES string of the molecule is Cc1c(OCc2ccccc2)nsc1C(NC(=O)OC(C)(C)C)C(=O)O. The van der Waals surface area contributed by atoms with Gasteiger partial charge in [0.05, 0.1) is 4.88 Å². The number of alkyl carbamates (subject to hydrolysis) is 1. The van der Waals surface area contributed by atoms with Gasteiger partial charge in [-0.05, 0) is 44.8 Å². The van der Waals surface area contributed by atoms with Gasteiger partial charge >= 0.3 is 12.1 Å². The molecule has 26 heavy (non-hydrogen) atoms. The minimum Gasteiger partial charge on any atom is -0.479 e. The Morgan fingerprint density at radius 3 is 2.50 bits per heavy atom. The zero-order valence-electron chi connectivity index (χ0n) is 15.1. The highest BCUT2D eigenvalue weighted by molar-refractivity contribution is 7.06. The van der Waals surface area contributed by atoms with E-state index < -0.39 is 23.7 Å². The molecule has 0 spiro atoms. The van der Waals surface area contributed by atoms with E-state index in [1.165, 1.54) is 0 Å². The fraction of sp³-hybridized carbons (Fsp3) is 0.389. The number of carboxylic acids is 1. The molecule has 1 unspecified atom stereocenters. The fourth-order valence-corrected chi connectivity index (χ4v) is 2.99. The predicted molar refractivity (Wildman–Crippen MR) is 97.4 cm³/mol. The van der Waals surface area contributed by atoms with E-state index in [1.807, 2.05) is 30.3 Å². The van der Waals surface area contributed by atoms with Gasteiger partial charge in [0.15, 0.2) is 6.04 Å². The number of hydrogen-bond acceptors (Lipinski definition) is 6. The van der Waals surface area contributed by atoms with E-state index in [0.29, 0.717) is 22.9 Å². The summed E-state index contributed by atoms with van der Waals surface area (Å²) >= 11 is 0.982. The largest absolute Gasteiger partial charge is 0.479 e. The molecule has 1 amide bonds. The smallest absolute Gasteiger partial charge is 0.408 e. The molecule has 0 aliphatic carbocycles. The van der Waals surface area contributed by atoms with Crippen LogP contribution >= 0.6 is 11.5 Å². The van der Waals surface area contributed by atoms with Crippen LogP contribution in [0.15, 0.2) is 30.3 Å². The molecule has 2 aromatic rings. The second kappa shape index (κ2) is 8.18. The average Bonchev–Trinajstić information content (AvgIpc) is 2.90. The summed E-state index contributed by atoms with van der Waals surface area (Å²) in [6.45, 7) is 7.15. The van der Waals surface area contributed by atoms with Gasteiger partial charge in [0.25, 0.3) is 0 Å². The van der Waals surface area contributed by atoms with E-state index in [1.54, 1.807) is 27.7 Å². The minimum atomic E-state index is -1.25. The molecule has 0 bridgehead atoms. The van der Waals surface area contributed by atoms with E-state index in [0.717, 1.165) is 17.1 Å². The molecule has 0 saturated heterocycles. The number of amides is 1. The number of carbonyl (C=O) groups excluding carboxylic acids is 1. The Labute approximate surface area is 156 Å². The minimum absolute atomic E-state index is 0.322. The van der Waals surface area contributed by atoms with E-state index in [4.69, 9.17) is 9.47 Å². The number of carbonyl (C=O) groups is 2. The third-order valence-corrected chi connectivity index (χ3v) is 4.30. The molecule has 0 radical (unpaired) electrons. The summed E-state index contributed by atoms with van der Waals surface area (Å²) in [6.07, 6.45) is -0.801. The van der Waals surface area contributed by atoms with Gasteiger partial charge < -0.3 is 19.9 Å². The van der Waals surface area contributed by atoms with Crippen LogP contribution in [0.4, 0.5) is 4.79 Å². The third kappa shape index (κ3) is 5.45. The molecule has 0 aliphatic rings. The monoisotopic (exact) mass is 378 g/mol. The zero-order valence-corrected chi connectivity index (χ0v) is 15.9. The van der Waals surface area contributed by atoms with Crippen LogP contribution in [0.25, 0.3) is 0 Å². The van der Waals surface area contributed by atoms with Crippen LogP contribution in [-0.4, -0.2) is 27.1 Å². The van der Waals surface area contributed by atoms with Gasteiger partial charge in [-0.15, -0.1) is 0 Å².